The molecule has 20 heavy (non-hydrogen) atoms. The van der Waals surface area contributed by atoms with Crippen LogP contribution in [0.4, 0.5) is 0 Å². The maximum Gasteiger partial charge on any atom is 0.365 e. The lowest BCUT2D eigenvalue weighted by atomic mass is 9.49. The maximum atomic E-state index is 11.8. The molecule has 1 unspecified atom stereocenters. The van der Waals surface area contributed by atoms with E-state index in [1.165, 1.54) is 38.5 Å². The second-order valence-electron chi connectivity index (χ2n) is 7.04. The monoisotopic (exact) mass is 294 g/mol. The van der Waals surface area contributed by atoms with Gasteiger partial charge in [-0.2, -0.15) is 5.10 Å². The average molecular weight is 294 g/mol. The first-order chi connectivity index (χ1) is 9.68. The van der Waals surface area contributed by atoms with Gasteiger partial charge in [-0.3, -0.25) is 5.43 Å². The van der Waals surface area contributed by atoms with E-state index < -0.39 is 0 Å². The number of hydrazone groups is 1. The maximum absolute atomic E-state index is 11.8. The van der Waals surface area contributed by atoms with Crippen LogP contribution in [-0.2, 0) is 9.53 Å². The molecule has 0 aromatic heterocycles. The Bertz CT molecular complexity index is 428. The van der Waals surface area contributed by atoms with E-state index in [9.17, 15) is 4.79 Å². The van der Waals surface area contributed by atoms with Crippen molar-refractivity contribution in [3.63, 3.8) is 0 Å². The Kier molecular flexibility index (Phi) is 3.02. The van der Waals surface area contributed by atoms with Gasteiger partial charge in [0.15, 0.2) is 0 Å². The Hall–Kier alpha value is -0.710. The molecule has 4 aliphatic carbocycles. The van der Waals surface area contributed by atoms with Gasteiger partial charge in [0.1, 0.15) is 5.37 Å². The third-order valence-corrected chi connectivity index (χ3v) is 6.93. The predicted octanol–water partition coefficient (Wildman–Crippen LogP) is 2.74. The molecule has 0 aromatic carbocycles. The number of nitrogens with zero attached hydrogens (tertiary/aromatic N) is 1. The van der Waals surface area contributed by atoms with Gasteiger partial charge in [-0.15, -0.1) is 0 Å². The van der Waals surface area contributed by atoms with Crippen molar-refractivity contribution in [2.24, 2.45) is 28.3 Å². The van der Waals surface area contributed by atoms with E-state index >= 15 is 0 Å². The van der Waals surface area contributed by atoms with Crippen molar-refractivity contribution in [2.75, 3.05) is 6.61 Å². The molecule has 4 bridgehead atoms. The molecule has 4 saturated carbocycles. The number of carbonyl (C=O) groups is 1. The third kappa shape index (κ3) is 1.97. The summed E-state index contributed by atoms with van der Waals surface area (Å²) in [6.07, 6.45) is 8.33. The van der Waals surface area contributed by atoms with E-state index in [0.717, 1.165) is 17.8 Å². The second-order valence-corrected chi connectivity index (χ2v) is 8.14. The van der Waals surface area contributed by atoms with E-state index in [0.29, 0.717) is 17.1 Å². The summed E-state index contributed by atoms with van der Waals surface area (Å²) in [5, 5.41) is 5.06. The molecule has 0 aromatic rings. The molecule has 1 aliphatic heterocycles. The predicted molar refractivity (Wildman–Crippen MR) is 79.2 cm³/mol. The topological polar surface area (TPSA) is 50.7 Å². The molecule has 5 heteroatoms. The number of hydrogen-bond acceptors (Lipinski definition) is 5. The van der Waals surface area contributed by atoms with Crippen LogP contribution in [0, 0.1) is 23.2 Å². The molecule has 0 amide bonds. The van der Waals surface area contributed by atoms with Gasteiger partial charge in [-0.05, 0) is 63.2 Å². The quantitative estimate of drug-likeness (QED) is 0.813. The van der Waals surface area contributed by atoms with Crippen LogP contribution in [0.3, 0.4) is 0 Å². The Morgan fingerprint density at radius 1 is 1.30 bits per heavy atom. The summed E-state index contributed by atoms with van der Waals surface area (Å²) in [7, 11) is 0. The zero-order chi connectivity index (χ0) is 13.7. The average Bonchev–Trinajstić information content (AvgIpc) is 2.87. The summed E-state index contributed by atoms with van der Waals surface area (Å²) in [5.74, 6) is 2.51. The highest BCUT2D eigenvalue weighted by Gasteiger charge is 2.55. The lowest BCUT2D eigenvalue weighted by molar-refractivity contribution is -0.134. The van der Waals surface area contributed by atoms with Crippen LogP contribution in [0.1, 0.15) is 45.4 Å². The van der Waals surface area contributed by atoms with Crippen LogP contribution in [0.5, 0.6) is 0 Å². The SMILES string of the molecule is CCOC(=O)C1=NNC(C23CC4CC(CC(C4)C2)C3)S1. The summed E-state index contributed by atoms with van der Waals surface area (Å²) in [6, 6.07) is 0. The molecular formula is C15H22N2O2S. The highest BCUT2D eigenvalue weighted by Crippen LogP contribution is 2.63. The number of thioether (sulfide) groups is 1. The number of carbonyl (C=O) groups excluding carboxylic acids is 1. The van der Waals surface area contributed by atoms with Gasteiger partial charge in [-0.25, -0.2) is 4.79 Å². The zero-order valence-corrected chi connectivity index (χ0v) is 12.7. The largest absolute Gasteiger partial charge is 0.461 e. The molecule has 1 atom stereocenters. The van der Waals surface area contributed by atoms with Crippen molar-refractivity contribution in [1.82, 2.24) is 5.43 Å². The minimum atomic E-state index is -0.266. The summed E-state index contributed by atoms with van der Waals surface area (Å²) in [4.78, 5) is 11.8. The Morgan fingerprint density at radius 2 is 1.90 bits per heavy atom. The molecule has 1 heterocycles. The highest BCUT2D eigenvalue weighted by molar-refractivity contribution is 8.16. The highest BCUT2D eigenvalue weighted by atomic mass is 32.2. The molecule has 1 N–H and O–H groups in total. The fourth-order valence-corrected chi connectivity index (χ4v) is 6.46. The Balaban J connectivity index is 1.48. The first kappa shape index (κ1) is 13.0. The van der Waals surface area contributed by atoms with Crippen LogP contribution < -0.4 is 5.43 Å². The summed E-state index contributed by atoms with van der Waals surface area (Å²) < 4.78 is 5.06. The van der Waals surface area contributed by atoms with E-state index in [-0.39, 0.29) is 11.3 Å². The summed E-state index contributed by atoms with van der Waals surface area (Å²) >= 11 is 1.61. The number of rotatable bonds is 3. The molecule has 5 rings (SSSR count). The minimum Gasteiger partial charge on any atom is -0.461 e. The number of ether oxygens (including phenoxy) is 1. The standard InChI is InChI=1S/C15H22N2O2S/c1-2-19-13(18)12-16-17-14(20-12)15-6-9-3-10(7-15)5-11(4-9)8-15/h9-11,14,17H,2-8H2,1H3. The van der Waals surface area contributed by atoms with Crippen LogP contribution in [0.25, 0.3) is 0 Å². The fraction of sp³-hybridized carbons (Fsp3) is 0.867. The van der Waals surface area contributed by atoms with Crippen molar-refractivity contribution < 1.29 is 9.53 Å². The Labute approximate surface area is 124 Å². The van der Waals surface area contributed by atoms with Crippen molar-refractivity contribution in [3.8, 4) is 0 Å². The number of hydrogen-bond donors (Lipinski definition) is 1. The minimum absolute atomic E-state index is 0.266. The van der Waals surface area contributed by atoms with Gasteiger partial charge in [-0.1, -0.05) is 11.8 Å². The van der Waals surface area contributed by atoms with Gasteiger partial charge in [0.25, 0.3) is 0 Å². The van der Waals surface area contributed by atoms with Crippen LogP contribution >= 0.6 is 11.8 Å². The lowest BCUT2D eigenvalue weighted by Gasteiger charge is -2.58. The molecule has 0 saturated heterocycles. The molecule has 0 spiro atoms. The van der Waals surface area contributed by atoms with E-state index in [1.54, 1.807) is 11.8 Å². The van der Waals surface area contributed by atoms with Gasteiger partial charge in [0.2, 0.25) is 5.04 Å². The lowest BCUT2D eigenvalue weighted by Crippen LogP contribution is -2.53. The first-order valence-electron chi connectivity index (χ1n) is 7.85. The van der Waals surface area contributed by atoms with Crippen molar-refractivity contribution in [1.29, 1.82) is 0 Å². The van der Waals surface area contributed by atoms with Crippen molar-refractivity contribution >= 4 is 22.8 Å². The van der Waals surface area contributed by atoms with Gasteiger partial charge in [0.05, 0.1) is 6.61 Å². The number of esters is 1. The smallest absolute Gasteiger partial charge is 0.365 e. The molecule has 4 nitrogen and oxygen atoms in total. The molecule has 4 fully saturated rings. The second kappa shape index (κ2) is 4.65. The zero-order valence-electron chi connectivity index (χ0n) is 11.9. The molecular weight excluding hydrogens is 272 g/mol. The molecule has 0 radical (unpaired) electrons. The van der Waals surface area contributed by atoms with Crippen LogP contribution in [0.15, 0.2) is 5.10 Å². The first-order valence-corrected chi connectivity index (χ1v) is 8.73. The Morgan fingerprint density at radius 3 is 2.45 bits per heavy atom. The normalized spacial score (nSPS) is 45.1. The van der Waals surface area contributed by atoms with E-state index in [4.69, 9.17) is 4.74 Å². The summed E-state index contributed by atoms with van der Waals surface area (Å²) in [6.45, 7) is 2.25. The fourth-order valence-electron chi connectivity index (χ4n) is 5.33. The molecule has 5 aliphatic rings. The van der Waals surface area contributed by atoms with Gasteiger partial charge >= 0.3 is 5.97 Å². The van der Waals surface area contributed by atoms with E-state index in [1.807, 2.05) is 6.92 Å². The van der Waals surface area contributed by atoms with Crippen molar-refractivity contribution in [2.45, 2.75) is 50.8 Å². The van der Waals surface area contributed by atoms with E-state index in [2.05, 4.69) is 10.5 Å². The summed E-state index contributed by atoms with van der Waals surface area (Å²) in [5.41, 5.74) is 3.63. The molecule has 110 valence electrons. The van der Waals surface area contributed by atoms with Gasteiger partial charge < -0.3 is 4.74 Å². The number of nitrogens with one attached hydrogen (secondary N) is 1. The van der Waals surface area contributed by atoms with Crippen LogP contribution in [0.2, 0.25) is 0 Å². The van der Waals surface area contributed by atoms with Gasteiger partial charge in [0, 0.05) is 5.41 Å². The van der Waals surface area contributed by atoms with Crippen LogP contribution in [-0.4, -0.2) is 23.0 Å². The van der Waals surface area contributed by atoms with Crippen molar-refractivity contribution in [3.05, 3.63) is 0 Å². The third-order valence-electron chi connectivity index (χ3n) is 5.60.